The summed E-state index contributed by atoms with van der Waals surface area (Å²) in [4.78, 5) is 12.9. The molecular formula is C20H28Cl2N2O2. The molecule has 1 aromatic rings. The number of nitrogens with two attached hydrogens (primary N) is 1. The van der Waals surface area contributed by atoms with Gasteiger partial charge in [0, 0.05) is 36.2 Å². The van der Waals surface area contributed by atoms with Crippen molar-refractivity contribution in [2.45, 2.75) is 43.6 Å². The van der Waals surface area contributed by atoms with E-state index in [1.54, 1.807) is 0 Å². The molecule has 3 N–H and O–H groups in total. The predicted octanol–water partition coefficient (Wildman–Crippen LogP) is 3.30. The molecule has 1 aliphatic heterocycles. The lowest BCUT2D eigenvalue weighted by atomic mass is 9.74. The third-order valence-corrected chi connectivity index (χ3v) is 7.01. The summed E-state index contributed by atoms with van der Waals surface area (Å²) < 4.78 is 5.57. The van der Waals surface area contributed by atoms with Gasteiger partial charge in [-0.1, -0.05) is 23.7 Å². The number of halogens is 2. The number of hydrogen-bond donors (Lipinski definition) is 2. The van der Waals surface area contributed by atoms with Crippen LogP contribution in [0.1, 0.15) is 37.7 Å². The van der Waals surface area contributed by atoms with Gasteiger partial charge in [-0.05, 0) is 61.6 Å². The smallest absolute Gasteiger partial charge is 0.224 e. The van der Waals surface area contributed by atoms with Gasteiger partial charge in [-0.25, -0.2) is 0 Å². The number of hydrogen-bond acceptors (Lipinski definition) is 3. The van der Waals surface area contributed by atoms with Gasteiger partial charge in [-0.2, -0.15) is 0 Å². The van der Waals surface area contributed by atoms with Gasteiger partial charge in [0.15, 0.2) is 0 Å². The summed E-state index contributed by atoms with van der Waals surface area (Å²) in [6, 6.07) is 8.07. The minimum absolute atomic E-state index is 0. The van der Waals surface area contributed by atoms with Crippen molar-refractivity contribution in [3.8, 4) is 0 Å². The van der Waals surface area contributed by atoms with Crippen molar-refractivity contribution in [3.05, 3.63) is 34.9 Å². The van der Waals surface area contributed by atoms with E-state index in [-0.39, 0.29) is 35.7 Å². The van der Waals surface area contributed by atoms with Crippen LogP contribution in [-0.4, -0.2) is 31.7 Å². The Morgan fingerprint density at radius 2 is 2.00 bits per heavy atom. The van der Waals surface area contributed by atoms with Crippen molar-refractivity contribution in [2.24, 2.45) is 23.5 Å². The summed E-state index contributed by atoms with van der Waals surface area (Å²) in [5, 5.41) is 3.99. The molecule has 26 heavy (non-hydrogen) atoms. The molecule has 3 aliphatic rings. The molecule has 4 unspecified atom stereocenters. The summed E-state index contributed by atoms with van der Waals surface area (Å²) in [5.74, 6) is 1.17. The Kier molecular flexibility index (Phi) is 6.18. The number of amides is 1. The molecule has 1 amide bonds. The van der Waals surface area contributed by atoms with Crippen LogP contribution in [0.3, 0.4) is 0 Å². The zero-order chi connectivity index (χ0) is 17.4. The summed E-state index contributed by atoms with van der Waals surface area (Å²) in [6.07, 6.45) is 5.28. The molecule has 4 nitrogen and oxygen atoms in total. The highest BCUT2D eigenvalue weighted by atomic mass is 35.5. The fourth-order valence-electron chi connectivity index (χ4n) is 5.25. The van der Waals surface area contributed by atoms with Crippen LogP contribution >= 0.6 is 24.0 Å². The maximum absolute atomic E-state index is 12.9. The number of carbonyl (C=O) groups excluding carboxylic acids is 1. The largest absolute Gasteiger partial charge is 0.381 e. The van der Waals surface area contributed by atoms with Crippen LogP contribution in [0.15, 0.2) is 24.3 Å². The zero-order valence-corrected chi connectivity index (χ0v) is 16.5. The van der Waals surface area contributed by atoms with E-state index < -0.39 is 0 Å². The lowest BCUT2D eigenvalue weighted by Gasteiger charge is -2.39. The second kappa shape index (κ2) is 8.05. The highest BCUT2D eigenvalue weighted by Crippen LogP contribution is 2.47. The molecule has 2 saturated carbocycles. The number of rotatable bonds is 4. The normalized spacial score (nSPS) is 32.1. The number of benzene rings is 1. The molecule has 0 radical (unpaired) electrons. The second-order valence-electron chi connectivity index (χ2n) is 8.06. The Bertz CT molecular complexity index is 646. The number of nitrogens with one attached hydrogen (secondary N) is 1. The summed E-state index contributed by atoms with van der Waals surface area (Å²) >= 11 is 6.22. The van der Waals surface area contributed by atoms with E-state index in [0.29, 0.717) is 18.4 Å². The monoisotopic (exact) mass is 398 g/mol. The molecule has 4 atom stereocenters. The van der Waals surface area contributed by atoms with Gasteiger partial charge in [0.2, 0.25) is 5.91 Å². The molecule has 2 aliphatic carbocycles. The van der Waals surface area contributed by atoms with Crippen LogP contribution < -0.4 is 11.1 Å². The van der Waals surface area contributed by atoms with Crippen molar-refractivity contribution in [1.29, 1.82) is 0 Å². The van der Waals surface area contributed by atoms with Gasteiger partial charge in [-0.15, -0.1) is 12.4 Å². The average Bonchev–Trinajstić information content (AvgIpc) is 3.22. The van der Waals surface area contributed by atoms with Crippen molar-refractivity contribution in [2.75, 3.05) is 19.8 Å². The molecule has 1 saturated heterocycles. The molecule has 4 rings (SSSR count). The van der Waals surface area contributed by atoms with Crippen LogP contribution in [0.2, 0.25) is 5.02 Å². The first-order valence-electron chi connectivity index (χ1n) is 9.46. The van der Waals surface area contributed by atoms with Gasteiger partial charge < -0.3 is 15.8 Å². The molecule has 1 aromatic carbocycles. The molecular weight excluding hydrogens is 371 g/mol. The van der Waals surface area contributed by atoms with Crippen molar-refractivity contribution >= 4 is 29.9 Å². The minimum Gasteiger partial charge on any atom is -0.381 e. The second-order valence-corrected chi connectivity index (χ2v) is 8.49. The van der Waals surface area contributed by atoms with E-state index in [0.717, 1.165) is 43.9 Å². The van der Waals surface area contributed by atoms with Crippen LogP contribution in [0.5, 0.6) is 0 Å². The number of ether oxygens (including phenoxy) is 1. The van der Waals surface area contributed by atoms with Crippen molar-refractivity contribution in [1.82, 2.24) is 5.32 Å². The first kappa shape index (κ1) is 19.9. The number of fused-ring (bicyclic) bond motifs is 2. The van der Waals surface area contributed by atoms with Gasteiger partial charge in [0.1, 0.15) is 0 Å². The molecule has 2 bridgehead atoms. The Labute approximate surface area is 166 Å². The molecule has 0 aromatic heterocycles. The standard InChI is InChI=1S/C20H27ClN2O2.ClH/c21-16-3-1-2-15(11-16)20(6-8-25-9-7-20)12-23-19(24)17-13-4-5-14(10-13)18(17)22;/h1-3,11,13-14,17-18H,4-10,12,22H2,(H,23,24);1H. The van der Waals surface area contributed by atoms with Crippen molar-refractivity contribution < 1.29 is 9.53 Å². The van der Waals surface area contributed by atoms with E-state index in [9.17, 15) is 4.79 Å². The molecule has 1 heterocycles. The van der Waals surface area contributed by atoms with Gasteiger partial charge in [0.25, 0.3) is 0 Å². The van der Waals surface area contributed by atoms with E-state index in [1.807, 2.05) is 18.2 Å². The van der Waals surface area contributed by atoms with E-state index in [1.165, 1.54) is 12.0 Å². The predicted molar refractivity (Wildman–Crippen MR) is 106 cm³/mol. The van der Waals surface area contributed by atoms with Crippen LogP contribution in [0.4, 0.5) is 0 Å². The average molecular weight is 399 g/mol. The Balaban J connectivity index is 0.00000196. The maximum Gasteiger partial charge on any atom is 0.224 e. The topological polar surface area (TPSA) is 64.4 Å². The van der Waals surface area contributed by atoms with Crippen molar-refractivity contribution in [3.63, 3.8) is 0 Å². The maximum atomic E-state index is 12.9. The van der Waals surface area contributed by atoms with E-state index in [2.05, 4.69) is 11.4 Å². The molecule has 3 fully saturated rings. The minimum atomic E-state index is -0.0967. The fourth-order valence-corrected chi connectivity index (χ4v) is 5.44. The third-order valence-electron chi connectivity index (χ3n) is 6.77. The lowest BCUT2D eigenvalue weighted by Crippen LogP contribution is -2.50. The highest BCUT2D eigenvalue weighted by Gasteiger charge is 2.49. The van der Waals surface area contributed by atoms with Crippen LogP contribution in [-0.2, 0) is 14.9 Å². The molecule has 144 valence electrons. The quantitative estimate of drug-likeness (QED) is 0.817. The fraction of sp³-hybridized carbons (Fsp3) is 0.650. The number of carbonyl (C=O) groups is 1. The Hall–Kier alpha value is -0.810. The van der Waals surface area contributed by atoms with Gasteiger partial charge >= 0.3 is 0 Å². The first-order valence-corrected chi connectivity index (χ1v) is 9.84. The summed E-state index contributed by atoms with van der Waals surface area (Å²) in [7, 11) is 0. The van der Waals surface area contributed by atoms with Crippen LogP contribution in [0.25, 0.3) is 0 Å². The van der Waals surface area contributed by atoms with Crippen LogP contribution in [0, 0.1) is 17.8 Å². The highest BCUT2D eigenvalue weighted by molar-refractivity contribution is 6.30. The first-order chi connectivity index (χ1) is 12.1. The summed E-state index contributed by atoms with van der Waals surface area (Å²) in [5.41, 5.74) is 7.44. The Morgan fingerprint density at radius 1 is 1.27 bits per heavy atom. The Morgan fingerprint density at radius 3 is 2.65 bits per heavy atom. The van der Waals surface area contributed by atoms with Gasteiger partial charge in [-0.3, -0.25) is 4.79 Å². The molecule has 6 heteroatoms. The van der Waals surface area contributed by atoms with Gasteiger partial charge in [0.05, 0.1) is 5.92 Å². The van der Waals surface area contributed by atoms with E-state index >= 15 is 0 Å². The molecule has 0 spiro atoms. The zero-order valence-electron chi connectivity index (χ0n) is 15.0. The van der Waals surface area contributed by atoms with E-state index in [4.69, 9.17) is 22.1 Å². The third kappa shape index (κ3) is 3.62. The lowest BCUT2D eigenvalue weighted by molar-refractivity contribution is -0.127. The SMILES string of the molecule is Cl.NC1C2CCC(C2)C1C(=O)NCC1(c2cccc(Cl)c2)CCOCC1. The summed E-state index contributed by atoms with van der Waals surface area (Å²) in [6.45, 7) is 2.07.